The van der Waals surface area contributed by atoms with Crippen molar-refractivity contribution in [2.24, 2.45) is 23.7 Å². The van der Waals surface area contributed by atoms with Gasteiger partial charge < -0.3 is 33.8 Å². The number of unbranched alkanes of at least 4 members (excludes halogenated alkanes) is 22. The molecule has 5 unspecified atom stereocenters. The minimum Gasteiger partial charge on any atom is -0.462 e. The zero-order valence-electron chi connectivity index (χ0n) is 52.4. The van der Waals surface area contributed by atoms with Crippen molar-refractivity contribution >= 4 is 39.5 Å². The lowest BCUT2D eigenvalue weighted by Gasteiger charge is -2.21. The maximum absolute atomic E-state index is 12.9. The van der Waals surface area contributed by atoms with E-state index in [4.69, 9.17) is 37.0 Å². The van der Waals surface area contributed by atoms with Crippen molar-refractivity contribution in [2.75, 3.05) is 39.6 Å². The molecular formula is C62H120O17P2. The Morgan fingerprint density at radius 3 is 0.877 bits per heavy atom. The number of rotatable bonds is 59. The first kappa shape index (κ1) is 79.1. The maximum atomic E-state index is 12.9. The second-order valence-corrected chi connectivity index (χ2v) is 26.6. The fourth-order valence-corrected chi connectivity index (χ4v) is 10.6. The van der Waals surface area contributed by atoms with Gasteiger partial charge in [0, 0.05) is 25.7 Å². The fourth-order valence-electron chi connectivity index (χ4n) is 8.98. The van der Waals surface area contributed by atoms with E-state index in [1.54, 1.807) is 0 Å². The van der Waals surface area contributed by atoms with E-state index < -0.39 is 97.5 Å². The van der Waals surface area contributed by atoms with Crippen molar-refractivity contribution < 1.29 is 80.2 Å². The van der Waals surface area contributed by atoms with Crippen molar-refractivity contribution in [3.05, 3.63) is 0 Å². The lowest BCUT2D eigenvalue weighted by atomic mass is 9.99. The standard InChI is InChI=1S/C62H120O17P2/c1-9-53(6)39-31-23-14-12-13-15-28-36-44-61(66)78-57(48-72-59(64)42-34-26-20-17-24-32-40-54(7)10-2)50-76-80(68,69)74-46-56(63)47-75-81(70,71)77-51-58(79-62(67)45-37-29-19-16-22-30-38-52(4)5)49-73-60(65)43-35-27-21-18-25-33-41-55(8)11-3/h52-58,63H,9-51H2,1-8H3,(H,68,69)(H,70,71)/t53?,54?,55?,56-,57+,58+/m0/s1. The van der Waals surface area contributed by atoms with Gasteiger partial charge in [-0.2, -0.15) is 0 Å². The first-order valence-electron chi connectivity index (χ1n) is 32.3. The van der Waals surface area contributed by atoms with Gasteiger partial charge in [0.15, 0.2) is 12.2 Å². The second-order valence-electron chi connectivity index (χ2n) is 23.6. The molecule has 0 aliphatic carbocycles. The Labute approximate surface area is 492 Å². The highest BCUT2D eigenvalue weighted by Crippen LogP contribution is 2.45. The fraction of sp³-hybridized carbons (Fsp3) is 0.935. The maximum Gasteiger partial charge on any atom is 0.472 e. The van der Waals surface area contributed by atoms with Gasteiger partial charge in [-0.3, -0.25) is 37.3 Å². The molecule has 0 aromatic rings. The van der Waals surface area contributed by atoms with Crippen LogP contribution in [-0.4, -0.2) is 96.7 Å². The Balaban J connectivity index is 5.26. The van der Waals surface area contributed by atoms with E-state index in [-0.39, 0.29) is 25.7 Å². The van der Waals surface area contributed by atoms with Crippen LogP contribution in [0, 0.1) is 23.7 Å². The van der Waals surface area contributed by atoms with Crippen molar-refractivity contribution in [1.29, 1.82) is 0 Å². The van der Waals surface area contributed by atoms with Gasteiger partial charge in [0.2, 0.25) is 0 Å². The van der Waals surface area contributed by atoms with Gasteiger partial charge >= 0.3 is 39.5 Å². The number of phosphoric ester groups is 2. The molecule has 3 N–H and O–H groups in total. The van der Waals surface area contributed by atoms with Crippen LogP contribution < -0.4 is 0 Å². The summed E-state index contributed by atoms with van der Waals surface area (Å²) in [6.07, 6.45) is 30.9. The van der Waals surface area contributed by atoms with Crippen LogP contribution in [0.5, 0.6) is 0 Å². The van der Waals surface area contributed by atoms with E-state index >= 15 is 0 Å². The molecule has 0 aromatic carbocycles. The Bertz CT molecular complexity index is 1630. The predicted molar refractivity (Wildman–Crippen MR) is 321 cm³/mol. The van der Waals surface area contributed by atoms with Gasteiger partial charge in [0.1, 0.15) is 19.3 Å². The van der Waals surface area contributed by atoms with Crippen molar-refractivity contribution in [3.63, 3.8) is 0 Å². The van der Waals surface area contributed by atoms with Gasteiger partial charge in [0.25, 0.3) is 0 Å². The normalized spacial score (nSPS) is 15.5. The van der Waals surface area contributed by atoms with Gasteiger partial charge in [-0.1, -0.05) is 242 Å². The van der Waals surface area contributed by atoms with Crippen LogP contribution in [0.3, 0.4) is 0 Å². The number of hydrogen-bond acceptors (Lipinski definition) is 15. The van der Waals surface area contributed by atoms with Crippen LogP contribution in [0.4, 0.5) is 0 Å². The average molecular weight is 1200 g/mol. The lowest BCUT2D eigenvalue weighted by molar-refractivity contribution is -0.161. The first-order valence-corrected chi connectivity index (χ1v) is 35.3. The van der Waals surface area contributed by atoms with Gasteiger partial charge in [0.05, 0.1) is 26.4 Å². The largest absolute Gasteiger partial charge is 0.472 e. The van der Waals surface area contributed by atoms with E-state index in [9.17, 15) is 43.2 Å². The Morgan fingerprint density at radius 2 is 0.593 bits per heavy atom. The third-order valence-corrected chi connectivity index (χ3v) is 17.1. The van der Waals surface area contributed by atoms with Crippen molar-refractivity contribution in [2.45, 2.75) is 311 Å². The number of hydrogen-bond donors (Lipinski definition) is 3. The van der Waals surface area contributed by atoms with E-state index in [2.05, 4.69) is 55.4 Å². The molecule has 17 nitrogen and oxygen atoms in total. The zero-order chi connectivity index (χ0) is 60.4. The van der Waals surface area contributed by atoms with Gasteiger partial charge in [-0.15, -0.1) is 0 Å². The number of carbonyl (C=O) groups excluding carboxylic acids is 4. The molecule has 0 amide bonds. The van der Waals surface area contributed by atoms with E-state index in [1.807, 2.05) is 0 Å². The molecule has 0 rings (SSSR count). The summed E-state index contributed by atoms with van der Waals surface area (Å²) in [5.41, 5.74) is 0. The second kappa shape index (κ2) is 52.4. The average Bonchev–Trinajstić information content (AvgIpc) is 3.43. The van der Waals surface area contributed by atoms with Crippen LogP contribution in [0.15, 0.2) is 0 Å². The van der Waals surface area contributed by atoms with Crippen LogP contribution in [0.2, 0.25) is 0 Å². The molecule has 0 spiro atoms. The summed E-state index contributed by atoms with van der Waals surface area (Å²) in [6.45, 7) is 13.9. The molecule has 0 aliphatic rings. The third kappa shape index (κ3) is 53.3. The topological polar surface area (TPSA) is 237 Å². The molecule has 0 aliphatic heterocycles. The minimum absolute atomic E-state index is 0.100. The number of aliphatic hydroxyl groups is 1. The number of aliphatic hydroxyl groups excluding tert-OH is 1. The summed E-state index contributed by atoms with van der Waals surface area (Å²) >= 11 is 0. The number of carbonyl (C=O) groups is 4. The Kier molecular flexibility index (Phi) is 51.1. The minimum atomic E-state index is -4.94. The molecule has 480 valence electrons. The molecule has 19 heteroatoms. The first-order chi connectivity index (χ1) is 38.7. The van der Waals surface area contributed by atoms with E-state index in [0.717, 1.165) is 120 Å². The SMILES string of the molecule is CCC(C)CCCCCCCCCCC(=O)O[C@H](COC(=O)CCCCCCCCC(C)CC)COP(=O)(O)OC[C@H](O)COP(=O)(O)OC[C@@H](COC(=O)CCCCCCCCC(C)CC)OC(=O)CCCCCCCCC(C)C. The monoisotopic (exact) mass is 1200 g/mol. The van der Waals surface area contributed by atoms with Crippen LogP contribution in [-0.2, 0) is 65.4 Å². The summed E-state index contributed by atoms with van der Waals surface area (Å²) in [5, 5.41) is 10.5. The third-order valence-electron chi connectivity index (χ3n) is 15.2. The molecule has 0 fully saturated rings. The summed E-state index contributed by atoms with van der Waals surface area (Å²) in [7, 11) is -9.89. The molecule has 8 atom stereocenters. The molecule has 0 radical (unpaired) electrons. The Hall–Kier alpha value is -1.94. The molecule has 0 aromatic heterocycles. The Morgan fingerprint density at radius 1 is 0.346 bits per heavy atom. The van der Waals surface area contributed by atoms with E-state index in [0.29, 0.717) is 31.6 Å². The van der Waals surface area contributed by atoms with Gasteiger partial charge in [-0.25, -0.2) is 9.13 Å². The van der Waals surface area contributed by atoms with Crippen LogP contribution in [0.1, 0.15) is 293 Å². The number of phosphoric acid groups is 2. The van der Waals surface area contributed by atoms with Crippen LogP contribution in [0.25, 0.3) is 0 Å². The molecule has 81 heavy (non-hydrogen) atoms. The summed E-state index contributed by atoms with van der Waals surface area (Å²) in [5.74, 6) is 0.753. The summed E-state index contributed by atoms with van der Waals surface area (Å²) < 4.78 is 67.9. The molecular weight excluding hydrogens is 1080 g/mol. The van der Waals surface area contributed by atoms with Crippen molar-refractivity contribution in [1.82, 2.24) is 0 Å². The molecule has 0 bridgehead atoms. The molecule has 0 heterocycles. The lowest BCUT2D eigenvalue weighted by Crippen LogP contribution is -2.30. The van der Waals surface area contributed by atoms with Crippen molar-refractivity contribution in [3.8, 4) is 0 Å². The number of ether oxygens (including phenoxy) is 4. The highest BCUT2D eigenvalue weighted by Gasteiger charge is 2.30. The predicted octanol–water partition coefficient (Wildman–Crippen LogP) is 16.6. The summed E-state index contributed by atoms with van der Waals surface area (Å²) in [6, 6.07) is 0. The summed E-state index contributed by atoms with van der Waals surface area (Å²) in [4.78, 5) is 72.1. The zero-order valence-corrected chi connectivity index (χ0v) is 54.2. The quantitative estimate of drug-likeness (QED) is 0.0222. The highest BCUT2D eigenvalue weighted by atomic mass is 31.2. The van der Waals surface area contributed by atoms with E-state index in [1.165, 1.54) is 83.5 Å². The van der Waals surface area contributed by atoms with Gasteiger partial charge in [-0.05, 0) is 49.4 Å². The van der Waals surface area contributed by atoms with Crippen LogP contribution >= 0.6 is 15.6 Å². The molecule has 0 saturated carbocycles. The molecule has 0 saturated heterocycles. The smallest absolute Gasteiger partial charge is 0.462 e. The number of esters is 4. The highest BCUT2D eigenvalue weighted by molar-refractivity contribution is 7.47.